The van der Waals surface area contributed by atoms with E-state index in [-0.39, 0.29) is 18.5 Å². The molecular weight excluding hydrogens is 264 g/mol. The molecule has 1 N–H and O–H groups in total. The molecule has 1 saturated heterocycles. The van der Waals surface area contributed by atoms with E-state index in [1.165, 1.54) is 6.33 Å². The molecule has 2 aromatic heterocycles. The Morgan fingerprint density at radius 2 is 1.95 bits per heavy atom. The van der Waals surface area contributed by atoms with Crippen molar-refractivity contribution in [3.63, 3.8) is 0 Å². The molecule has 0 aliphatic carbocycles. The highest BCUT2D eigenvalue weighted by Gasteiger charge is 2.16. The van der Waals surface area contributed by atoms with Crippen molar-refractivity contribution in [1.82, 2.24) is 20.3 Å². The lowest BCUT2D eigenvalue weighted by atomic mass is 10.1. The monoisotopic (exact) mass is 278 g/mol. The van der Waals surface area contributed by atoms with Gasteiger partial charge in [0.1, 0.15) is 12.4 Å². The van der Waals surface area contributed by atoms with E-state index in [0.717, 1.165) is 36.5 Å². The summed E-state index contributed by atoms with van der Waals surface area (Å²) in [6.07, 6.45) is 6.98. The van der Waals surface area contributed by atoms with Crippen molar-refractivity contribution in [2.75, 3.05) is 19.7 Å². The molecule has 19 heavy (non-hydrogen) atoms. The third-order valence-electron chi connectivity index (χ3n) is 2.94. The number of nitrogens with zero attached hydrogens (tertiary/aromatic N) is 3. The van der Waals surface area contributed by atoms with Crippen LogP contribution in [0.25, 0.3) is 11.1 Å². The van der Waals surface area contributed by atoms with Crippen LogP contribution in [0, 0.1) is 0 Å². The number of hydrogen-bond donors (Lipinski definition) is 1. The molecule has 0 saturated carbocycles. The fourth-order valence-electron chi connectivity index (χ4n) is 1.97. The van der Waals surface area contributed by atoms with Gasteiger partial charge in [-0.1, -0.05) is 6.07 Å². The number of morpholine rings is 1. The standard InChI is InChI=1S/C13H14N4O.ClH/c1-2-12(13-8-14-3-4-18-13)17-7-10(1)11-5-15-9-16-6-11;/h1-2,5-7,9,13-14H,3-4,8H2;1H. The first-order valence-electron chi connectivity index (χ1n) is 5.97. The Kier molecular flexibility index (Phi) is 4.79. The van der Waals surface area contributed by atoms with Crippen LogP contribution in [0.3, 0.4) is 0 Å². The Morgan fingerprint density at radius 3 is 2.58 bits per heavy atom. The summed E-state index contributed by atoms with van der Waals surface area (Å²) in [5, 5.41) is 3.29. The van der Waals surface area contributed by atoms with E-state index in [4.69, 9.17) is 4.74 Å². The maximum atomic E-state index is 5.66. The van der Waals surface area contributed by atoms with E-state index in [9.17, 15) is 0 Å². The lowest BCUT2D eigenvalue weighted by molar-refractivity contribution is 0.0250. The zero-order valence-corrected chi connectivity index (χ0v) is 11.1. The first kappa shape index (κ1) is 13.9. The van der Waals surface area contributed by atoms with Crippen LogP contribution in [0.1, 0.15) is 11.8 Å². The van der Waals surface area contributed by atoms with E-state index < -0.39 is 0 Å². The van der Waals surface area contributed by atoms with E-state index in [1.54, 1.807) is 12.4 Å². The van der Waals surface area contributed by atoms with Gasteiger partial charge in [0.25, 0.3) is 0 Å². The second-order valence-electron chi connectivity index (χ2n) is 4.16. The molecule has 5 nitrogen and oxygen atoms in total. The van der Waals surface area contributed by atoms with Crippen LogP contribution in [0.4, 0.5) is 0 Å². The molecule has 3 heterocycles. The van der Waals surface area contributed by atoms with Crippen LogP contribution in [-0.2, 0) is 4.74 Å². The zero-order chi connectivity index (χ0) is 12.2. The van der Waals surface area contributed by atoms with Crippen molar-refractivity contribution >= 4 is 12.4 Å². The molecule has 3 rings (SSSR count). The molecule has 0 aromatic carbocycles. The molecular formula is C13H15ClN4O. The Hall–Kier alpha value is -1.56. The number of nitrogens with one attached hydrogen (secondary N) is 1. The SMILES string of the molecule is Cl.c1ncc(-c2ccc(C3CNCCO3)nc2)cn1. The number of aromatic nitrogens is 3. The summed E-state index contributed by atoms with van der Waals surface area (Å²) >= 11 is 0. The van der Waals surface area contributed by atoms with Crippen LogP contribution < -0.4 is 5.32 Å². The highest BCUT2D eigenvalue weighted by molar-refractivity contribution is 5.85. The van der Waals surface area contributed by atoms with Crippen molar-refractivity contribution in [1.29, 1.82) is 0 Å². The average molecular weight is 279 g/mol. The smallest absolute Gasteiger partial charge is 0.115 e. The van der Waals surface area contributed by atoms with Gasteiger partial charge in [-0.2, -0.15) is 0 Å². The fourth-order valence-corrected chi connectivity index (χ4v) is 1.97. The molecule has 100 valence electrons. The fraction of sp³-hybridized carbons (Fsp3) is 0.308. The van der Waals surface area contributed by atoms with Gasteiger partial charge in [0.15, 0.2) is 0 Å². The Labute approximate surface area is 117 Å². The zero-order valence-electron chi connectivity index (χ0n) is 10.3. The molecule has 6 heteroatoms. The van der Waals surface area contributed by atoms with Gasteiger partial charge >= 0.3 is 0 Å². The summed E-state index contributed by atoms with van der Waals surface area (Å²) in [4.78, 5) is 12.5. The largest absolute Gasteiger partial charge is 0.369 e. The van der Waals surface area contributed by atoms with Crippen LogP contribution in [0.15, 0.2) is 37.1 Å². The highest BCUT2D eigenvalue weighted by Crippen LogP contribution is 2.20. The summed E-state index contributed by atoms with van der Waals surface area (Å²) in [7, 11) is 0. The first-order valence-corrected chi connectivity index (χ1v) is 5.97. The lowest BCUT2D eigenvalue weighted by Gasteiger charge is -2.23. The van der Waals surface area contributed by atoms with Gasteiger partial charge in [0.2, 0.25) is 0 Å². The first-order chi connectivity index (χ1) is 8.93. The molecule has 1 unspecified atom stereocenters. The molecule has 1 aliphatic heterocycles. The van der Waals surface area contributed by atoms with E-state index in [1.807, 2.05) is 18.3 Å². The van der Waals surface area contributed by atoms with E-state index in [0.29, 0.717) is 0 Å². The van der Waals surface area contributed by atoms with E-state index >= 15 is 0 Å². The molecule has 1 fully saturated rings. The molecule has 0 spiro atoms. The van der Waals surface area contributed by atoms with Crippen molar-refractivity contribution in [3.8, 4) is 11.1 Å². The summed E-state index contributed by atoms with van der Waals surface area (Å²) in [6, 6.07) is 4.03. The maximum absolute atomic E-state index is 5.66. The number of ether oxygens (including phenoxy) is 1. The van der Waals surface area contributed by atoms with Gasteiger partial charge in [-0.05, 0) is 6.07 Å². The summed E-state index contributed by atoms with van der Waals surface area (Å²) in [5.41, 5.74) is 2.95. The minimum absolute atomic E-state index is 0. The van der Waals surface area contributed by atoms with Crippen molar-refractivity contribution in [3.05, 3.63) is 42.7 Å². The number of pyridine rings is 1. The van der Waals surface area contributed by atoms with E-state index in [2.05, 4.69) is 20.3 Å². The summed E-state index contributed by atoms with van der Waals surface area (Å²) < 4.78 is 5.66. The minimum atomic E-state index is 0. The molecule has 1 atom stereocenters. The molecule has 2 aromatic rings. The summed E-state index contributed by atoms with van der Waals surface area (Å²) in [6.45, 7) is 2.47. The van der Waals surface area contributed by atoms with Crippen LogP contribution in [0.5, 0.6) is 0 Å². The van der Waals surface area contributed by atoms with Gasteiger partial charge in [0, 0.05) is 42.8 Å². The third-order valence-corrected chi connectivity index (χ3v) is 2.94. The van der Waals surface area contributed by atoms with Gasteiger partial charge < -0.3 is 10.1 Å². The predicted molar refractivity (Wildman–Crippen MR) is 74.1 cm³/mol. The van der Waals surface area contributed by atoms with Crippen molar-refractivity contribution in [2.24, 2.45) is 0 Å². The molecule has 1 aliphatic rings. The molecule has 0 radical (unpaired) electrons. The van der Waals surface area contributed by atoms with Crippen molar-refractivity contribution < 1.29 is 4.74 Å². The van der Waals surface area contributed by atoms with Crippen LogP contribution in [0.2, 0.25) is 0 Å². The Bertz CT molecular complexity index is 500. The average Bonchev–Trinajstić information content (AvgIpc) is 2.49. The van der Waals surface area contributed by atoms with Gasteiger partial charge in [-0.3, -0.25) is 4.98 Å². The number of rotatable bonds is 2. The lowest BCUT2D eigenvalue weighted by Crippen LogP contribution is -2.33. The van der Waals surface area contributed by atoms with Crippen molar-refractivity contribution in [2.45, 2.75) is 6.10 Å². The normalized spacial score (nSPS) is 18.6. The van der Waals surface area contributed by atoms with Crippen LogP contribution >= 0.6 is 12.4 Å². The second-order valence-corrected chi connectivity index (χ2v) is 4.16. The minimum Gasteiger partial charge on any atom is -0.369 e. The molecule has 0 amide bonds. The third kappa shape index (κ3) is 3.26. The second kappa shape index (κ2) is 6.56. The predicted octanol–water partition coefficient (Wildman–Crippen LogP) is 1.62. The van der Waals surface area contributed by atoms with Gasteiger partial charge in [0.05, 0.1) is 12.3 Å². The number of halogens is 1. The topological polar surface area (TPSA) is 59.9 Å². The quantitative estimate of drug-likeness (QED) is 0.905. The maximum Gasteiger partial charge on any atom is 0.115 e. The highest BCUT2D eigenvalue weighted by atomic mass is 35.5. The van der Waals surface area contributed by atoms with Gasteiger partial charge in [-0.25, -0.2) is 9.97 Å². The summed E-state index contributed by atoms with van der Waals surface area (Å²) in [5.74, 6) is 0. The number of hydrogen-bond acceptors (Lipinski definition) is 5. The molecule has 0 bridgehead atoms. The van der Waals surface area contributed by atoms with Gasteiger partial charge in [-0.15, -0.1) is 12.4 Å². The van der Waals surface area contributed by atoms with Crippen LogP contribution in [-0.4, -0.2) is 34.6 Å². The Morgan fingerprint density at radius 1 is 1.11 bits per heavy atom. The Balaban J connectivity index is 0.00000133.